The molecule has 2 aromatic rings. The molecule has 0 amide bonds. The minimum Gasteiger partial charge on any atom is -0.392 e. The van der Waals surface area contributed by atoms with E-state index >= 15 is 0 Å². The van der Waals surface area contributed by atoms with Crippen molar-refractivity contribution in [3.8, 4) is 5.69 Å². The van der Waals surface area contributed by atoms with E-state index in [0.717, 1.165) is 31.7 Å². The first-order valence-electron chi connectivity index (χ1n) is 8.56. The van der Waals surface area contributed by atoms with Crippen molar-refractivity contribution in [1.29, 1.82) is 0 Å². The average Bonchev–Trinajstić information content (AvgIpc) is 2.60. The Kier molecular flexibility index (Phi) is 5.87. The second kappa shape index (κ2) is 7.96. The van der Waals surface area contributed by atoms with Crippen molar-refractivity contribution in [2.24, 2.45) is 0 Å². The highest BCUT2D eigenvalue weighted by Crippen LogP contribution is 2.24. The highest BCUT2D eigenvalue weighted by atomic mass is 35.5. The van der Waals surface area contributed by atoms with Crippen molar-refractivity contribution in [1.82, 2.24) is 14.7 Å². The van der Waals surface area contributed by atoms with E-state index in [2.05, 4.69) is 14.9 Å². The highest BCUT2D eigenvalue weighted by Gasteiger charge is 2.22. The molecule has 1 N–H and O–H groups in total. The van der Waals surface area contributed by atoms with Gasteiger partial charge in [-0.2, -0.15) is 9.78 Å². The Morgan fingerprint density at radius 2 is 1.92 bits per heavy atom. The number of benzene rings is 1. The zero-order valence-corrected chi connectivity index (χ0v) is 16.3. The first-order valence-corrected chi connectivity index (χ1v) is 9.32. The van der Waals surface area contributed by atoms with E-state index in [9.17, 15) is 9.90 Å². The van der Waals surface area contributed by atoms with E-state index in [0.29, 0.717) is 22.9 Å². The maximum Gasteiger partial charge on any atom is 0.292 e. The summed E-state index contributed by atoms with van der Waals surface area (Å²) in [5, 5.41) is 14.5. The first-order chi connectivity index (χ1) is 12.4. The van der Waals surface area contributed by atoms with Crippen LogP contribution in [0.5, 0.6) is 0 Å². The van der Waals surface area contributed by atoms with E-state index in [1.165, 1.54) is 4.68 Å². The average molecular weight is 397 g/mol. The molecule has 1 saturated heterocycles. The summed E-state index contributed by atoms with van der Waals surface area (Å²) in [5.41, 5.74) is 1.79. The lowest BCUT2D eigenvalue weighted by atomic mass is 10.2. The van der Waals surface area contributed by atoms with Crippen LogP contribution in [0.3, 0.4) is 0 Å². The number of hydrogen-bond acceptors (Lipinski definition) is 5. The Morgan fingerprint density at radius 1 is 1.23 bits per heavy atom. The maximum absolute atomic E-state index is 12.7. The molecule has 1 aliphatic rings. The summed E-state index contributed by atoms with van der Waals surface area (Å²) >= 11 is 12.5. The van der Waals surface area contributed by atoms with E-state index < -0.39 is 0 Å². The lowest BCUT2D eigenvalue weighted by Crippen LogP contribution is -2.48. The Labute approximate surface area is 162 Å². The first kappa shape index (κ1) is 19.2. The van der Waals surface area contributed by atoms with Crippen LogP contribution >= 0.6 is 23.2 Å². The highest BCUT2D eigenvalue weighted by molar-refractivity contribution is 6.33. The smallest absolute Gasteiger partial charge is 0.292 e. The van der Waals surface area contributed by atoms with Gasteiger partial charge >= 0.3 is 0 Å². The molecule has 1 atom stereocenters. The standard InChI is InChI=1S/C18H22Cl2N4O2/c1-12-3-4-14(9-15(12)19)24-18(26)17(20)16(10-21-24)23-7-5-22(6-8-23)11-13(2)25/h3-4,9-10,13,25H,5-8,11H2,1-2H3/t13-/m1/s1. The van der Waals surface area contributed by atoms with Crippen LogP contribution in [-0.4, -0.2) is 58.6 Å². The van der Waals surface area contributed by atoms with Crippen LogP contribution in [0.25, 0.3) is 5.69 Å². The number of aliphatic hydroxyl groups is 1. The third kappa shape index (κ3) is 4.04. The van der Waals surface area contributed by atoms with Crippen LogP contribution in [0.4, 0.5) is 5.69 Å². The normalized spacial score (nSPS) is 16.7. The van der Waals surface area contributed by atoms with Crippen molar-refractivity contribution in [2.45, 2.75) is 20.0 Å². The van der Waals surface area contributed by atoms with Gasteiger partial charge in [-0.15, -0.1) is 0 Å². The molecular formula is C18H22Cl2N4O2. The molecule has 6 nitrogen and oxygen atoms in total. The van der Waals surface area contributed by atoms with Gasteiger partial charge in [0.05, 0.1) is 23.7 Å². The Morgan fingerprint density at radius 3 is 2.54 bits per heavy atom. The zero-order valence-electron chi connectivity index (χ0n) is 14.8. The summed E-state index contributed by atoms with van der Waals surface area (Å²) in [4.78, 5) is 16.9. The number of anilines is 1. The van der Waals surface area contributed by atoms with Gasteiger partial charge < -0.3 is 10.0 Å². The van der Waals surface area contributed by atoms with Crippen LogP contribution < -0.4 is 10.5 Å². The van der Waals surface area contributed by atoms with Gasteiger partial charge in [-0.05, 0) is 31.5 Å². The summed E-state index contributed by atoms with van der Waals surface area (Å²) in [6.07, 6.45) is 1.28. The maximum atomic E-state index is 12.7. The Hall–Kier alpha value is -1.60. The third-order valence-electron chi connectivity index (χ3n) is 4.54. The summed E-state index contributed by atoms with van der Waals surface area (Å²) in [5.74, 6) is 0. The van der Waals surface area contributed by atoms with Crippen molar-refractivity contribution in [3.63, 3.8) is 0 Å². The predicted octanol–water partition coefficient (Wildman–Crippen LogP) is 2.35. The summed E-state index contributed by atoms with van der Waals surface area (Å²) in [6, 6.07) is 5.34. The van der Waals surface area contributed by atoms with Gasteiger partial charge in [0, 0.05) is 37.7 Å². The lowest BCUT2D eigenvalue weighted by molar-refractivity contribution is 0.122. The number of aliphatic hydroxyl groups excluding tert-OH is 1. The number of aromatic nitrogens is 2. The SMILES string of the molecule is Cc1ccc(-n2ncc(N3CCN(C[C@@H](C)O)CC3)c(Cl)c2=O)cc1Cl. The fourth-order valence-electron chi connectivity index (χ4n) is 3.09. The molecular weight excluding hydrogens is 375 g/mol. The largest absolute Gasteiger partial charge is 0.392 e. The molecule has 8 heteroatoms. The second-order valence-electron chi connectivity index (χ2n) is 6.63. The third-order valence-corrected chi connectivity index (χ3v) is 5.30. The van der Waals surface area contributed by atoms with E-state index in [4.69, 9.17) is 23.2 Å². The summed E-state index contributed by atoms with van der Waals surface area (Å²) < 4.78 is 1.26. The van der Waals surface area contributed by atoms with Crippen LogP contribution in [-0.2, 0) is 0 Å². The molecule has 140 valence electrons. The predicted molar refractivity (Wildman–Crippen MR) is 105 cm³/mol. The van der Waals surface area contributed by atoms with Crippen molar-refractivity contribution in [3.05, 3.63) is 50.4 Å². The fraction of sp³-hybridized carbons (Fsp3) is 0.444. The van der Waals surface area contributed by atoms with Gasteiger partial charge in [0.1, 0.15) is 5.02 Å². The van der Waals surface area contributed by atoms with Gasteiger partial charge in [-0.3, -0.25) is 9.69 Å². The summed E-state index contributed by atoms with van der Waals surface area (Å²) in [6.45, 7) is 7.40. The number of halogens is 2. The number of piperazine rings is 1. The van der Waals surface area contributed by atoms with Crippen molar-refractivity contribution >= 4 is 28.9 Å². The number of hydrogen-bond donors (Lipinski definition) is 1. The molecule has 0 radical (unpaired) electrons. The monoisotopic (exact) mass is 396 g/mol. The van der Waals surface area contributed by atoms with Gasteiger partial charge in [0.25, 0.3) is 5.56 Å². The van der Waals surface area contributed by atoms with Gasteiger partial charge in [0.15, 0.2) is 0 Å². The second-order valence-corrected chi connectivity index (χ2v) is 7.42. The number of nitrogens with zero attached hydrogens (tertiary/aromatic N) is 4. The number of aryl methyl sites for hydroxylation is 1. The van der Waals surface area contributed by atoms with Crippen molar-refractivity contribution < 1.29 is 5.11 Å². The molecule has 0 bridgehead atoms. The van der Waals surface area contributed by atoms with E-state index in [-0.39, 0.29) is 16.7 Å². The Bertz CT molecular complexity index is 846. The molecule has 26 heavy (non-hydrogen) atoms. The number of β-amino-alcohol motifs (C(OH)–C–C–N with tert-alkyl or cyclic N) is 1. The Balaban J connectivity index is 1.82. The molecule has 0 spiro atoms. The minimum atomic E-state index is -0.365. The van der Waals surface area contributed by atoms with Gasteiger partial charge in [-0.25, -0.2) is 0 Å². The van der Waals surface area contributed by atoms with E-state index in [1.54, 1.807) is 25.3 Å². The topological polar surface area (TPSA) is 61.6 Å². The molecule has 0 saturated carbocycles. The molecule has 1 aliphatic heterocycles. The summed E-state index contributed by atoms with van der Waals surface area (Å²) in [7, 11) is 0. The van der Waals surface area contributed by atoms with Crippen LogP contribution in [0.15, 0.2) is 29.2 Å². The van der Waals surface area contributed by atoms with Crippen molar-refractivity contribution in [2.75, 3.05) is 37.6 Å². The quantitative estimate of drug-likeness (QED) is 0.859. The molecule has 1 aromatic heterocycles. The molecule has 2 heterocycles. The lowest BCUT2D eigenvalue weighted by Gasteiger charge is -2.36. The van der Waals surface area contributed by atoms with Gasteiger partial charge in [0.2, 0.25) is 0 Å². The zero-order chi connectivity index (χ0) is 18.8. The van der Waals surface area contributed by atoms with Crippen LogP contribution in [0, 0.1) is 6.92 Å². The molecule has 3 rings (SSSR count). The van der Waals surface area contributed by atoms with Crippen LogP contribution in [0.1, 0.15) is 12.5 Å². The fourth-order valence-corrected chi connectivity index (χ4v) is 3.51. The molecule has 1 fully saturated rings. The van der Waals surface area contributed by atoms with Crippen LogP contribution in [0.2, 0.25) is 10.0 Å². The minimum absolute atomic E-state index is 0.153. The molecule has 1 aromatic carbocycles. The molecule has 0 unspecified atom stereocenters. The van der Waals surface area contributed by atoms with Gasteiger partial charge in [-0.1, -0.05) is 29.3 Å². The van der Waals surface area contributed by atoms with E-state index in [1.807, 2.05) is 13.0 Å². The molecule has 0 aliphatic carbocycles. The number of rotatable bonds is 4.